The first kappa shape index (κ1) is 19.5. The maximum atomic E-state index is 10.6. The lowest BCUT2D eigenvalue weighted by atomic mass is 9.97. The van der Waals surface area contributed by atoms with Gasteiger partial charge in [-0.05, 0) is 68.5 Å². The fourth-order valence-corrected chi connectivity index (χ4v) is 2.30. The highest BCUT2D eigenvalue weighted by Gasteiger charge is 2.07. The summed E-state index contributed by atoms with van der Waals surface area (Å²) in [5.41, 5.74) is 6.56. The molecule has 0 aliphatic carbocycles. The number of hydrogen-bond acceptors (Lipinski definition) is 2. The smallest absolute Gasteiger partial charge is 0.328 e. The molecule has 1 N–H and O–H groups in total. The van der Waals surface area contributed by atoms with Crippen LogP contribution in [0.5, 0.6) is 5.75 Å². The number of benzene rings is 1. The van der Waals surface area contributed by atoms with Crippen molar-refractivity contribution < 1.29 is 14.6 Å². The van der Waals surface area contributed by atoms with Gasteiger partial charge in [0.25, 0.3) is 0 Å². The topological polar surface area (TPSA) is 46.5 Å². The summed E-state index contributed by atoms with van der Waals surface area (Å²) in [6.45, 7) is 10.0. The Bertz CT molecular complexity index is 732. The Hall–Kier alpha value is -2.55. The lowest BCUT2D eigenvalue weighted by Crippen LogP contribution is -1.95. The molecule has 1 aromatic rings. The van der Waals surface area contributed by atoms with Crippen molar-refractivity contribution in [3.8, 4) is 5.75 Å². The summed E-state index contributed by atoms with van der Waals surface area (Å²) in [5, 5.41) is 8.67. The van der Waals surface area contributed by atoms with E-state index < -0.39 is 5.97 Å². The molecule has 0 aromatic heterocycles. The van der Waals surface area contributed by atoms with Crippen molar-refractivity contribution in [1.82, 2.24) is 0 Å². The third-order valence-corrected chi connectivity index (χ3v) is 4.03. The van der Waals surface area contributed by atoms with Gasteiger partial charge >= 0.3 is 5.97 Å². The molecule has 0 atom stereocenters. The van der Waals surface area contributed by atoms with Crippen LogP contribution in [-0.2, 0) is 4.79 Å². The summed E-state index contributed by atoms with van der Waals surface area (Å²) < 4.78 is 5.44. The molecule has 0 unspecified atom stereocenters. The molecular formula is C21H26O3. The minimum absolute atomic E-state index is 0.699. The van der Waals surface area contributed by atoms with E-state index in [9.17, 15) is 4.79 Å². The predicted molar refractivity (Wildman–Crippen MR) is 101 cm³/mol. The monoisotopic (exact) mass is 326 g/mol. The summed E-state index contributed by atoms with van der Waals surface area (Å²) in [7, 11) is 1.69. The molecular weight excluding hydrogens is 300 g/mol. The third-order valence-electron chi connectivity index (χ3n) is 4.03. The fraction of sp³-hybridized carbons (Fsp3) is 0.286. The van der Waals surface area contributed by atoms with E-state index in [1.54, 1.807) is 20.1 Å². The Balaban J connectivity index is 2.97. The number of carbonyl (C=O) groups is 1. The van der Waals surface area contributed by atoms with Crippen molar-refractivity contribution in [2.45, 2.75) is 34.6 Å². The van der Waals surface area contributed by atoms with Gasteiger partial charge < -0.3 is 9.84 Å². The SMILES string of the molecule is COc1cc(/C=C/C(C)=C/C=C/C(C)=C/C(=O)O)c(C)c(C)c1C. The molecule has 0 saturated carbocycles. The zero-order chi connectivity index (χ0) is 18.3. The van der Waals surface area contributed by atoms with Crippen LogP contribution in [0.4, 0.5) is 0 Å². The molecule has 1 aromatic carbocycles. The number of methoxy groups -OCH3 is 1. The van der Waals surface area contributed by atoms with E-state index >= 15 is 0 Å². The van der Waals surface area contributed by atoms with E-state index in [-0.39, 0.29) is 0 Å². The largest absolute Gasteiger partial charge is 0.496 e. The molecule has 0 spiro atoms. The van der Waals surface area contributed by atoms with Gasteiger partial charge in [-0.3, -0.25) is 0 Å². The number of allylic oxidation sites excluding steroid dienone is 6. The minimum atomic E-state index is -0.933. The first-order chi connectivity index (χ1) is 11.3. The minimum Gasteiger partial charge on any atom is -0.496 e. The standard InChI is InChI=1S/C21H26O3/c1-14(8-7-9-15(2)12-21(22)23)10-11-19-13-20(24-6)18(5)16(3)17(19)4/h7-13H,1-6H3,(H,22,23)/b9-7+,11-10+,14-8+,15-12+. The first-order valence-electron chi connectivity index (χ1n) is 7.85. The molecule has 0 heterocycles. The third kappa shape index (κ3) is 5.58. The number of carboxylic acid groups (broad SMARTS) is 1. The normalized spacial score (nSPS) is 13.1. The Morgan fingerprint density at radius 1 is 1.04 bits per heavy atom. The van der Waals surface area contributed by atoms with Crippen LogP contribution < -0.4 is 4.74 Å². The molecule has 3 nitrogen and oxygen atoms in total. The van der Waals surface area contributed by atoms with Crippen LogP contribution in [0, 0.1) is 20.8 Å². The molecule has 0 radical (unpaired) electrons. The summed E-state index contributed by atoms with van der Waals surface area (Å²) in [5.74, 6) is -0.0365. The van der Waals surface area contributed by atoms with Crippen molar-refractivity contribution in [2.24, 2.45) is 0 Å². The zero-order valence-electron chi connectivity index (χ0n) is 15.3. The molecule has 0 bridgehead atoms. The van der Waals surface area contributed by atoms with Crippen LogP contribution in [0.15, 0.2) is 47.6 Å². The number of rotatable bonds is 6. The fourth-order valence-electron chi connectivity index (χ4n) is 2.30. The van der Waals surface area contributed by atoms with E-state index in [1.807, 2.05) is 25.2 Å². The Morgan fingerprint density at radius 2 is 1.71 bits per heavy atom. The number of carboxylic acids is 1. The molecule has 0 aliphatic heterocycles. The van der Waals surface area contributed by atoms with Crippen molar-refractivity contribution >= 4 is 12.0 Å². The van der Waals surface area contributed by atoms with Crippen LogP contribution in [0.2, 0.25) is 0 Å². The molecule has 0 amide bonds. The van der Waals surface area contributed by atoms with Crippen molar-refractivity contribution in [3.63, 3.8) is 0 Å². The summed E-state index contributed by atoms with van der Waals surface area (Å²) >= 11 is 0. The maximum absolute atomic E-state index is 10.6. The van der Waals surface area contributed by atoms with E-state index in [1.165, 1.54) is 22.8 Å². The van der Waals surface area contributed by atoms with Gasteiger partial charge in [0.1, 0.15) is 5.75 Å². The molecule has 3 heteroatoms. The van der Waals surface area contributed by atoms with E-state index in [0.717, 1.165) is 16.9 Å². The number of aliphatic carboxylic acids is 1. The second-order valence-electron chi connectivity index (χ2n) is 5.87. The maximum Gasteiger partial charge on any atom is 0.328 e. The van der Waals surface area contributed by atoms with E-state index in [4.69, 9.17) is 9.84 Å². The first-order valence-corrected chi connectivity index (χ1v) is 7.85. The lowest BCUT2D eigenvalue weighted by Gasteiger charge is -2.13. The summed E-state index contributed by atoms with van der Waals surface area (Å²) in [6.07, 6.45) is 10.9. The van der Waals surface area contributed by atoms with Gasteiger partial charge in [0.15, 0.2) is 0 Å². The van der Waals surface area contributed by atoms with E-state index in [2.05, 4.69) is 32.9 Å². The van der Waals surface area contributed by atoms with Gasteiger partial charge in [-0.2, -0.15) is 0 Å². The van der Waals surface area contributed by atoms with Crippen LogP contribution in [0.25, 0.3) is 6.08 Å². The molecule has 0 saturated heterocycles. The predicted octanol–water partition coefficient (Wildman–Crippen LogP) is 5.17. The Kier molecular flexibility index (Phi) is 7.25. The zero-order valence-corrected chi connectivity index (χ0v) is 15.3. The molecule has 0 fully saturated rings. The molecule has 128 valence electrons. The summed E-state index contributed by atoms with van der Waals surface area (Å²) in [4.78, 5) is 10.6. The summed E-state index contributed by atoms with van der Waals surface area (Å²) in [6, 6.07) is 2.05. The van der Waals surface area contributed by atoms with Gasteiger partial charge in [0, 0.05) is 6.08 Å². The van der Waals surface area contributed by atoms with Crippen LogP contribution in [-0.4, -0.2) is 18.2 Å². The average Bonchev–Trinajstić information content (AvgIpc) is 2.51. The van der Waals surface area contributed by atoms with Crippen LogP contribution in [0.1, 0.15) is 36.1 Å². The van der Waals surface area contributed by atoms with Crippen molar-refractivity contribution in [1.29, 1.82) is 0 Å². The van der Waals surface area contributed by atoms with Gasteiger partial charge in [-0.1, -0.05) is 36.0 Å². The molecule has 0 aliphatic rings. The average molecular weight is 326 g/mol. The lowest BCUT2D eigenvalue weighted by molar-refractivity contribution is -0.131. The highest BCUT2D eigenvalue weighted by molar-refractivity contribution is 5.81. The van der Waals surface area contributed by atoms with Gasteiger partial charge in [-0.15, -0.1) is 0 Å². The highest BCUT2D eigenvalue weighted by Crippen LogP contribution is 2.28. The second kappa shape index (κ2) is 8.92. The van der Waals surface area contributed by atoms with Gasteiger partial charge in [0.05, 0.1) is 7.11 Å². The number of hydrogen-bond donors (Lipinski definition) is 1. The Labute approximate surface area is 144 Å². The van der Waals surface area contributed by atoms with Crippen molar-refractivity contribution in [3.05, 3.63) is 69.8 Å². The Morgan fingerprint density at radius 3 is 2.29 bits per heavy atom. The number of ether oxygens (including phenoxy) is 1. The molecule has 24 heavy (non-hydrogen) atoms. The van der Waals surface area contributed by atoms with Gasteiger partial charge in [-0.25, -0.2) is 4.79 Å². The quantitative estimate of drug-likeness (QED) is 0.579. The highest BCUT2D eigenvalue weighted by atomic mass is 16.5. The molecule has 1 rings (SSSR count). The van der Waals surface area contributed by atoms with Crippen LogP contribution in [0.3, 0.4) is 0 Å². The van der Waals surface area contributed by atoms with Crippen molar-refractivity contribution in [2.75, 3.05) is 7.11 Å². The van der Waals surface area contributed by atoms with Crippen LogP contribution >= 0.6 is 0 Å². The second-order valence-corrected chi connectivity index (χ2v) is 5.87. The van der Waals surface area contributed by atoms with Gasteiger partial charge in [0.2, 0.25) is 0 Å². The van der Waals surface area contributed by atoms with E-state index in [0.29, 0.717) is 5.57 Å².